The lowest BCUT2D eigenvalue weighted by Gasteiger charge is -2.17. The van der Waals surface area contributed by atoms with Gasteiger partial charge in [0, 0.05) is 5.02 Å². The molecular weight excluding hydrogens is 431 g/mol. The Kier molecular flexibility index (Phi) is 6.23. The fourth-order valence-corrected chi connectivity index (χ4v) is 3.70. The van der Waals surface area contributed by atoms with Gasteiger partial charge in [-0.1, -0.05) is 54.1 Å². The average molecular weight is 451 g/mol. The molecule has 0 spiro atoms. The average Bonchev–Trinajstić information content (AvgIpc) is 3.01. The lowest BCUT2D eigenvalue weighted by atomic mass is 10.0. The van der Waals surface area contributed by atoms with Crippen molar-refractivity contribution >= 4 is 34.7 Å². The molecule has 0 atom stereocenters. The number of halogens is 2. The van der Waals surface area contributed by atoms with Crippen LogP contribution in [0.15, 0.2) is 78.5 Å². The highest BCUT2D eigenvalue weighted by molar-refractivity contribution is 6.36. The SMILES string of the molecule is CCOc1ccccc1NC1=C(c2ccc(F)cc2)C(=O)N(Cc2ccccc2Cl)C1=O. The van der Waals surface area contributed by atoms with E-state index in [9.17, 15) is 14.0 Å². The normalized spacial score (nSPS) is 13.7. The number of hydrogen-bond donors (Lipinski definition) is 1. The van der Waals surface area contributed by atoms with Gasteiger partial charge >= 0.3 is 0 Å². The number of carbonyl (C=O) groups is 2. The van der Waals surface area contributed by atoms with Crippen molar-refractivity contribution < 1.29 is 18.7 Å². The van der Waals surface area contributed by atoms with Gasteiger partial charge in [-0.3, -0.25) is 14.5 Å². The van der Waals surface area contributed by atoms with E-state index in [4.69, 9.17) is 16.3 Å². The van der Waals surface area contributed by atoms with Crippen molar-refractivity contribution in [3.05, 3.63) is 100 Å². The van der Waals surface area contributed by atoms with Crippen molar-refractivity contribution in [2.24, 2.45) is 0 Å². The summed E-state index contributed by atoms with van der Waals surface area (Å²) in [6, 6.07) is 19.6. The van der Waals surface area contributed by atoms with Crippen molar-refractivity contribution in [1.82, 2.24) is 4.90 Å². The van der Waals surface area contributed by atoms with Gasteiger partial charge in [0.25, 0.3) is 11.8 Å². The molecule has 3 aromatic carbocycles. The summed E-state index contributed by atoms with van der Waals surface area (Å²) in [5.41, 5.74) is 1.88. The lowest BCUT2D eigenvalue weighted by molar-refractivity contribution is -0.137. The largest absolute Gasteiger partial charge is 0.492 e. The highest BCUT2D eigenvalue weighted by Gasteiger charge is 2.39. The third kappa shape index (κ3) is 4.22. The van der Waals surface area contributed by atoms with Gasteiger partial charge in [0.05, 0.1) is 24.4 Å². The molecule has 0 unspecified atom stereocenters. The van der Waals surface area contributed by atoms with Crippen LogP contribution in [0.3, 0.4) is 0 Å². The number of carbonyl (C=O) groups excluding carboxylic acids is 2. The maximum Gasteiger partial charge on any atom is 0.278 e. The smallest absolute Gasteiger partial charge is 0.278 e. The number of nitrogens with one attached hydrogen (secondary N) is 1. The highest BCUT2D eigenvalue weighted by Crippen LogP contribution is 2.34. The van der Waals surface area contributed by atoms with E-state index in [1.165, 1.54) is 24.3 Å². The van der Waals surface area contributed by atoms with Crippen LogP contribution in [0.5, 0.6) is 5.75 Å². The molecule has 0 saturated carbocycles. The molecule has 1 N–H and O–H groups in total. The van der Waals surface area contributed by atoms with Gasteiger partial charge in [0.2, 0.25) is 0 Å². The summed E-state index contributed by atoms with van der Waals surface area (Å²) in [6.45, 7) is 2.31. The molecule has 0 saturated heterocycles. The molecule has 1 aliphatic heterocycles. The quantitative estimate of drug-likeness (QED) is 0.498. The number of anilines is 1. The predicted molar refractivity (Wildman–Crippen MR) is 122 cm³/mol. The summed E-state index contributed by atoms with van der Waals surface area (Å²) < 4.78 is 19.2. The van der Waals surface area contributed by atoms with E-state index >= 15 is 0 Å². The van der Waals surface area contributed by atoms with Crippen molar-refractivity contribution in [1.29, 1.82) is 0 Å². The molecule has 2 amide bonds. The standard InChI is InChI=1S/C25H20ClFN2O3/c1-2-32-21-10-6-5-9-20(21)28-23-22(16-11-13-18(27)14-12-16)24(30)29(25(23)31)15-17-7-3-4-8-19(17)26/h3-14,28H,2,15H2,1H3. The molecular formula is C25H20ClFN2O3. The Morgan fingerprint density at radius 2 is 1.62 bits per heavy atom. The van der Waals surface area contributed by atoms with Gasteiger partial charge < -0.3 is 10.1 Å². The van der Waals surface area contributed by atoms with Crippen molar-refractivity contribution in [3.63, 3.8) is 0 Å². The summed E-state index contributed by atoms with van der Waals surface area (Å²) in [7, 11) is 0. The number of hydrogen-bond acceptors (Lipinski definition) is 4. The van der Waals surface area contributed by atoms with E-state index in [1.807, 2.05) is 13.0 Å². The molecule has 32 heavy (non-hydrogen) atoms. The second-order valence-electron chi connectivity index (χ2n) is 7.10. The van der Waals surface area contributed by atoms with Crippen LogP contribution in [0.4, 0.5) is 10.1 Å². The van der Waals surface area contributed by atoms with Crippen LogP contribution in [0, 0.1) is 5.82 Å². The molecule has 0 aliphatic carbocycles. The van der Waals surface area contributed by atoms with E-state index < -0.39 is 17.6 Å². The Balaban J connectivity index is 1.76. The van der Waals surface area contributed by atoms with Crippen LogP contribution in [0.25, 0.3) is 5.57 Å². The van der Waals surface area contributed by atoms with Gasteiger partial charge in [-0.05, 0) is 48.4 Å². The zero-order chi connectivity index (χ0) is 22.7. The second-order valence-corrected chi connectivity index (χ2v) is 7.51. The minimum Gasteiger partial charge on any atom is -0.492 e. The Hall–Kier alpha value is -3.64. The number of nitrogens with zero attached hydrogens (tertiary/aromatic N) is 1. The predicted octanol–water partition coefficient (Wildman–Crippen LogP) is 5.27. The van der Waals surface area contributed by atoms with Gasteiger partial charge in [-0.2, -0.15) is 0 Å². The molecule has 0 radical (unpaired) electrons. The maximum atomic E-state index is 13.5. The molecule has 0 fully saturated rings. The number of benzene rings is 3. The highest BCUT2D eigenvalue weighted by atomic mass is 35.5. The number of imide groups is 1. The van der Waals surface area contributed by atoms with Crippen molar-refractivity contribution in [3.8, 4) is 5.75 Å². The molecule has 3 aromatic rings. The minimum atomic E-state index is -0.499. The third-order valence-electron chi connectivity index (χ3n) is 5.03. The summed E-state index contributed by atoms with van der Waals surface area (Å²) in [5.74, 6) is -0.875. The molecule has 1 aliphatic rings. The van der Waals surface area contributed by atoms with Crippen LogP contribution in [0.1, 0.15) is 18.1 Å². The zero-order valence-electron chi connectivity index (χ0n) is 17.3. The number of ether oxygens (including phenoxy) is 1. The van der Waals surface area contributed by atoms with E-state index in [-0.39, 0.29) is 17.8 Å². The fraction of sp³-hybridized carbons (Fsp3) is 0.120. The van der Waals surface area contributed by atoms with E-state index in [1.54, 1.807) is 42.5 Å². The first-order valence-electron chi connectivity index (χ1n) is 10.1. The summed E-state index contributed by atoms with van der Waals surface area (Å²) >= 11 is 6.25. The molecule has 162 valence electrons. The Morgan fingerprint density at radius 1 is 0.938 bits per heavy atom. The van der Waals surface area contributed by atoms with Crippen LogP contribution in [0.2, 0.25) is 5.02 Å². The molecule has 0 aromatic heterocycles. The zero-order valence-corrected chi connectivity index (χ0v) is 18.0. The van der Waals surface area contributed by atoms with Crippen LogP contribution < -0.4 is 10.1 Å². The van der Waals surface area contributed by atoms with Gasteiger partial charge in [-0.25, -0.2) is 4.39 Å². The van der Waals surface area contributed by atoms with Crippen molar-refractivity contribution in [2.45, 2.75) is 13.5 Å². The number of para-hydroxylation sites is 2. The molecule has 0 bridgehead atoms. The van der Waals surface area contributed by atoms with Gasteiger partial charge in [0.1, 0.15) is 17.3 Å². The lowest BCUT2D eigenvalue weighted by Crippen LogP contribution is -2.32. The Morgan fingerprint density at radius 3 is 2.34 bits per heavy atom. The number of amides is 2. The molecule has 7 heteroatoms. The summed E-state index contributed by atoms with van der Waals surface area (Å²) in [5, 5.41) is 3.54. The first kappa shape index (κ1) is 21.6. The van der Waals surface area contributed by atoms with Gasteiger partial charge in [0.15, 0.2) is 0 Å². The van der Waals surface area contributed by atoms with Crippen LogP contribution >= 0.6 is 11.6 Å². The third-order valence-corrected chi connectivity index (χ3v) is 5.40. The van der Waals surface area contributed by atoms with Crippen LogP contribution in [-0.2, 0) is 16.1 Å². The van der Waals surface area contributed by atoms with E-state index in [2.05, 4.69) is 5.32 Å². The van der Waals surface area contributed by atoms with E-state index in [0.717, 1.165) is 4.90 Å². The summed E-state index contributed by atoms with van der Waals surface area (Å²) in [4.78, 5) is 27.9. The molecule has 5 nitrogen and oxygen atoms in total. The Labute approximate surface area is 190 Å². The topological polar surface area (TPSA) is 58.6 Å². The molecule has 1 heterocycles. The summed E-state index contributed by atoms with van der Waals surface area (Å²) in [6.07, 6.45) is 0. The monoisotopic (exact) mass is 450 g/mol. The number of rotatable bonds is 7. The second kappa shape index (κ2) is 9.24. The van der Waals surface area contributed by atoms with Crippen LogP contribution in [-0.4, -0.2) is 23.3 Å². The van der Waals surface area contributed by atoms with E-state index in [0.29, 0.717) is 34.2 Å². The van der Waals surface area contributed by atoms with Gasteiger partial charge in [-0.15, -0.1) is 0 Å². The Bertz CT molecular complexity index is 1210. The van der Waals surface area contributed by atoms with Crippen molar-refractivity contribution in [2.75, 3.05) is 11.9 Å². The fourth-order valence-electron chi connectivity index (χ4n) is 3.50. The minimum absolute atomic E-state index is 0.0142. The first-order chi connectivity index (χ1) is 15.5. The first-order valence-corrected chi connectivity index (χ1v) is 10.5. The maximum absolute atomic E-state index is 13.5. The molecule has 4 rings (SSSR count).